The Morgan fingerprint density at radius 2 is 0.919 bits per heavy atom. The molecule has 0 N–H and O–H groups in total. The lowest BCUT2D eigenvalue weighted by Gasteiger charge is -2.28. The summed E-state index contributed by atoms with van der Waals surface area (Å²) < 4.78 is 13.5. The maximum Gasteiger partial charge on any atom is 0.159 e. The van der Waals surface area contributed by atoms with Gasteiger partial charge in [0.05, 0.1) is 11.4 Å². The molecule has 13 rings (SSSR count). The minimum absolute atomic E-state index is 0.815. The van der Waals surface area contributed by atoms with Gasteiger partial charge in [-0.05, 0) is 128 Å². The lowest BCUT2D eigenvalue weighted by molar-refractivity contribution is 0.487. The van der Waals surface area contributed by atoms with Gasteiger partial charge in [-0.3, -0.25) is 0 Å². The van der Waals surface area contributed by atoms with Crippen LogP contribution in [0.15, 0.2) is 223 Å². The molecule has 0 radical (unpaired) electrons. The van der Waals surface area contributed by atoms with E-state index in [0.717, 1.165) is 89.5 Å². The highest BCUT2D eigenvalue weighted by atomic mass is 16.5. The molecule has 1 aliphatic rings. The molecule has 11 aromatic carbocycles. The molecule has 0 atom stereocenters. The van der Waals surface area contributed by atoms with Crippen LogP contribution >= 0.6 is 0 Å². The van der Waals surface area contributed by atoms with Crippen LogP contribution in [0, 0.1) is 0 Å². The fraction of sp³-hybridized carbons (Fsp3) is 0. The quantitative estimate of drug-likeness (QED) is 0.157. The summed E-state index contributed by atoms with van der Waals surface area (Å²) in [7, 11) is 0. The number of nitrogens with zero attached hydrogens (tertiary/aromatic N) is 2. The molecule has 0 unspecified atom stereocenters. The van der Waals surface area contributed by atoms with Crippen molar-refractivity contribution in [2.75, 3.05) is 9.80 Å². The van der Waals surface area contributed by atoms with Crippen LogP contribution in [0.3, 0.4) is 0 Å². The first-order chi connectivity index (χ1) is 30.7. The summed E-state index contributed by atoms with van der Waals surface area (Å²) in [5.74, 6) is 1.66. The lowest BCUT2D eigenvalue weighted by atomic mass is 9.90. The molecule has 62 heavy (non-hydrogen) atoms. The monoisotopic (exact) mass is 792 g/mol. The number of hydrogen-bond donors (Lipinski definition) is 0. The van der Waals surface area contributed by atoms with Crippen LogP contribution in [0.5, 0.6) is 11.5 Å². The molecule has 0 bridgehead atoms. The van der Waals surface area contributed by atoms with E-state index in [1.54, 1.807) is 0 Å². The van der Waals surface area contributed by atoms with Crippen LogP contribution in [0.2, 0.25) is 0 Å². The molecular formula is C58H36N2O2. The van der Waals surface area contributed by atoms with Crippen molar-refractivity contribution in [2.45, 2.75) is 0 Å². The zero-order valence-electron chi connectivity index (χ0n) is 33.5. The number of anilines is 6. The molecule has 0 saturated heterocycles. The number of fused-ring (bicyclic) bond motifs is 10. The van der Waals surface area contributed by atoms with Gasteiger partial charge in [-0.25, -0.2) is 0 Å². The van der Waals surface area contributed by atoms with Crippen molar-refractivity contribution >= 4 is 99.2 Å². The molecule has 0 fully saturated rings. The summed E-state index contributed by atoms with van der Waals surface area (Å²) in [5.41, 5.74) is 10.2. The van der Waals surface area contributed by atoms with Crippen LogP contribution in [0.1, 0.15) is 0 Å². The predicted molar refractivity (Wildman–Crippen MR) is 259 cm³/mol. The average Bonchev–Trinajstić information content (AvgIpc) is 3.72. The topological polar surface area (TPSA) is 28.9 Å². The molecule has 290 valence electrons. The van der Waals surface area contributed by atoms with E-state index in [-0.39, 0.29) is 0 Å². The Hall–Kier alpha value is -8.34. The lowest BCUT2D eigenvalue weighted by Crippen LogP contribution is -2.11. The minimum Gasteiger partial charge on any atom is -0.456 e. The van der Waals surface area contributed by atoms with Crippen molar-refractivity contribution in [3.05, 3.63) is 218 Å². The summed E-state index contributed by atoms with van der Waals surface area (Å²) in [5, 5.41) is 11.8. The van der Waals surface area contributed by atoms with E-state index in [9.17, 15) is 0 Å². The number of hydrogen-bond acceptors (Lipinski definition) is 4. The van der Waals surface area contributed by atoms with Gasteiger partial charge in [-0.1, -0.05) is 127 Å². The van der Waals surface area contributed by atoms with Gasteiger partial charge in [0.2, 0.25) is 0 Å². The number of benzene rings is 11. The molecule has 2 heterocycles. The van der Waals surface area contributed by atoms with Crippen LogP contribution in [0.25, 0.3) is 76.2 Å². The summed E-state index contributed by atoms with van der Waals surface area (Å²) in [6.07, 6.45) is 0. The minimum atomic E-state index is 0.815. The number of para-hydroxylation sites is 4. The Kier molecular flexibility index (Phi) is 7.57. The highest BCUT2D eigenvalue weighted by Crippen LogP contribution is 2.52. The third-order valence-electron chi connectivity index (χ3n) is 12.6. The van der Waals surface area contributed by atoms with Crippen molar-refractivity contribution in [2.24, 2.45) is 0 Å². The Morgan fingerprint density at radius 1 is 0.306 bits per heavy atom. The van der Waals surface area contributed by atoms with E-state index in [2.05, 4.69) is 210 Å². The Morgan fingerprint density at radius 3 is 1.79 bits per heavy atom. The van der Waals surface area contributed by atoms with Gasteiger partial charge in [0, 0.05) is 50.5 Å². The van der Waals surface area contributed by atoms with Crippen molar-refractivity contribution in [1.82, 2.24) is 0 Å². The maximum atomic E-state index is 6.92. The predicted octanol–water partition coefficient (Wildman–Crippen LogP) is 16.9. The van der Waals surface area contributed by atoms with Crippen molar-refractivity contribution in [1.29, 1.82) is 0 Å². The normalized spacial score (nSPS) is 12.0. The second-order valence-electron chi connectivity index (χ2n) is 16.1. The highest BCUT2D eigenvalue weighted by Gasteiger charge is 2.26. The van der Waals surface area contributed by atoms with Gasteiger partial charge in [-0.2, -0.15) is 0 Å². The van der Waals surface area contributed by atoms with Crippen LogP contribution in [0.4, 0.5) is 34.1 Å². The first kappa shape index (κ1) is 34.5. The van der Waals surface area contributed by atoms with Gasteiger partial charge in [0.15, 0.2) is 5.58 Å². The second-order valence-corrected chi connectivity index (χ2v) is 16.1. The Balaban J connectivity index is 0.948. The van der Waals surface area contributed by atoms with Crippen LogP contribution in [-0.4, -0.2) is 0 Å². The van der Waals surface area contributed by atoms with Crippen LogP contribution in [-0.2, 0) is 0 Å². The van der Waals surface area contributed by atoms with Crippen LogP contribution < -0.4 is 14.5 Å². The standard InChI is InChI=1S/C58H36N2O2/c1-3-14-40(15-4-1)59(42-29-31-46-38(33-42)26-25-37-13-7-8-18-45(37)46)43-28-27-39-34-52-48-32-30-44(36-56(48)61-55-24-12-20-49(57(52)55)51(39)35-43)60(41-16-5-2-6-17-41)53-22-11-21-50-47-19-9-10-23-54(47)62-58(50)53/h1-36H. The van der Waals surface area contributed by atoms with Gasteiger partial charge in [-0.15, -0.1) is 0 Å². The molecule has 0 spiro atoms. The van der Waals surface area contributed by atoms with E-state index >= 15 is 0 Å². The van der Waals surface area contributed by atoms with Crippen molar-refractivity contribution in [3.8, 4) is 22.6 Å². The van der Waals surface area contributed by atoms with E-state index in [4.69, 9.17) is 9.15 Å². The zero-order chi connectivity index (χ0) is 40.7. The average molecular weight is 793 g/mol. The number of ether oxygens (including phenoxy) is 1. The Labute approximate surface area is 357 Å². The first-order valence-corrected chi connectivity index (χ1v) is 21.1. The first-order valence-electron chi connectivity index (χ1n) is 21.1. The van der Waals surface area contributed by atoms with Gasteiger partial charge < -0.3 is 19.0 Å². The summed E-state index contributed by atoms with van der Waals surface area (Å²) in [6, 6.07) is 77.9. The summed E-state index contributed by atoms with van der Waals surface area (Å²) >= 11 is 0. The fourth-order valence-corrected chi connectivity index (χ4v) is 9.75. The Bertz CT molecular complexity index is 3740. The van der Waals surface area contributed by atoms with E-state index in [0.29, 0.717) is 0 Å². The molecule has 4 nitrogen and oxygen atoms in total. The van der Waals surface area contributed by atoms with Crippen molar-refractivity contribution < 1.29 is 9.15 Å². The van der Waals surface area contributed by atoms with Gasteiger partial charge in [0.25, 0.3) is 0 Å². The molecule has 0 saturated carbocycles. The van der Waals surface area contributed by atoms with E-state index < -0.39 is 0 Å². The zero-order valence-corrected chi connectivity index (χ0v) is 33.5. The number of rotatable bonds is 6. The molecule has 12 aromatic rings. The third-order valence-corrected chi connectivity index (χ3v) is 12.6. The number of furan rings is 1. The van der Waals surface area contributed by atoms with Crippen molar-refractivity contribution in [3.63, 3.8) is 0 Å². The summed E-state index contributed by atoms with van der Waals surface area (Å²) in [4.78, 5) is 4.63. The van der Waals surface area contributed by atoms with Gasteiger partial charge in [0.1, 0.15) is 17.1 Å². The molecule has 0 aliphatic carbocycles. The molecule has 1 aliphatic heterocycles. The molecule has 4 heteroatoms. The fourth-order valence-electron chi connectivity index (χ4n) is 9.75. The summed E-state index contributed by atoms with van der Waals surface area (Å²) in [6.45, 7) is 0. The molecule has 0 amide bonds. The van der Waals surface area contributed by atoms with E-state index in [1.807, 2.05) is 18.2 Å². The SMILES string of the molecule is c1ccc(N(c2ccc3c(ccc4ccccc43)c2)c2ccc3cc4c5c(cccc5c3c2)Oc2cc(N(c3ccccc3)c3cccc5c3oc3ccccc35)ccc2-4)cc1. The highest BCUT2D eigenvalue weighted by molar-refractivity contribution is 6.18. The maximum absolute atomic E-state index is 6.92. The third kappa shape index (κ3) is 5.33. The molecule has 1 aromatic heterocycles. The molecular weight excluding hydrogens is 757 g/mol. The second kappa shape index (κ2) is 13.6. The van der Waals surface area contributed by atoms with Gasteiger partial charge >= 0.3 is 0 Å². The largest absolute Gasteiger partial charge is 0.456 e. The smallest absolute Gasteiger partial charge is 0.159 e. The van der Waals surface area contributed by atoms with E-state index in [1.165, 1.54) is 32.3 Å².